The molecule has 160 valence electrons. The number of amides is 1. The fraction of sp³-hybridized carbons (Fsp3) is 0.273. The van der Waals surface area contributed by atoms with Gasteiger partial charge in [-0.25, -0.2) is 4.79 Å². The second-order valence-electron chi connectivity index (χ2n) is 6.34. The number of carbonyl (C=O) groups is 2. The minimum atomic E-state index is -1.01. The van der Waals surface area contributed by atoms with Crippen LogP contribution in [0.3, 0.4) is 0 Å². The highest BCUT2D eigenvalue weighted by Crippen LogP contribution is 2.36. The van der Waals surface area contributed by atoms with E-state index in [9.17, 15) is 9.59 Å². The third kappa shape index (κ3) is 5.90. The molecule has 2 rings (SSSR count). The molecule has 1 amide bonds. The zero-order chi connectivity index (χ0) is 22.3. The van der Waals surface area contributed by atoms with Crippen molar-refractivity contribution in [1.82, 2.24) is 0 Å². The molecule has 1 N–H and O–H groups in total. The van der Waals surface area contributed by atoms with Crippen LogP contribution in [-0.4, -0.2) is 39.3 Å². The van der Waals surface area contributed by atoms with E-state index in [1.165, 1.54) is 40.4 Å². The molecule has 0 aromatic heterocycles. The molecule has 0 aliphatic rings. The van der Waals surface area contributed by atoms with Gasteiger partial charge in [-0.2, -0.15) is 0 Å². The molecule has 0 aliphatic carbocycles. The lowest BCUT2D eigenvalue weighted by Gasteiger charge is -2.15. The number of esters is 1. The van der Waals surface area contributed by atoms with Gasteiger partial charge in [-0.1, -0.05) is 17.7 Å². The molecule has 2 aromatic rings. The molecule has 1 atom stereocenters. The van der Waals surface area contributed by atoms with Gasteiger partial charge in [0.15, 0.2) is 17.6 Å². The lowest BCUT2D eigenvalue weighted by atomic mass is 10.2. The van der Waals surface area contributed by atoms with Crippen LogP contribution < -0.4 is 19.5 Å². The van der Waals surface area contributed by atoms with Crippen LogP contribution >= 0.6 is 11.6 Å². The van der Waals surface area contributed by atoms with Gasteiger partial charge < -0.3 is 24.3 Å². The van der Waals surface area contributed by atoms with Crippen molar-refractivity contribution in [2.24, 2.45) is 0 Å². The van der Waals surface area contributed by atoms with Gasteiger partial charge in [0.25, 0.3) is 5.91 Å². The Morgan fingerprint density at radius 1 is 1.03 bits per heavy atom. The van der Waals surface area contributed by atoms with Crippen molar-refractivity contribution in [3.05, 3.63) is 52.6 Å². The van der Waals surface area contributed by atoms with Crippen LogP contribution in [0.4, 0.5) is 5.69 Å². The van der Waals surface area contributed by atoms with Crippen LogP contribution in [-0.2, 0) is 14.3 Å². The standard InChI is InChI=1S/C22H24ClNO6/c1-13-6-8-18(27-3)17(10-13)24-22(26)14(2)30-20(25)9-7-15-11-16(23)21(29-5)19(12-15)28-4/h6-12,14H,1-5H3,(H,24,26)/b9-7+. The summed E-state index contributed by atoms with van der Waals surface area (Å²) in [5.74, 6) is 0.181. The van der Waals surface area contributed by atoms with Crippen molar-refractivity contribution >= 4 is 35.2 Å². The van der Waals surface area contributed by atoms with Gasteiger partial charge in [0, 0.05) is 6.08 Å². The largest absolute Gasteiger partial charge is 0.495 e. The maximum atomic E-state index is 12.4. The third-order valence-corrected chi connectivity index (χ3v) is 4.42. The zero-order valence-electron chi connectivity index (χ0n) is 17.4. The van der Waals surface area contributed by atoms with Crippen molar-refractivity contribution in [2.75, 3.05) is 26.6 Å². The van der Waals surface area contributed by atoms with Gasteiger partial charge in [0.2, 0.25) is 0 Å². The summed E-state index contributed by atoms with van der Waals surface area (Å²) < 4.78 is 20.8. The van der Waals surface area contributed by atoms with E-state index in [-0.39, 0.29) is 0 Å². The molecule has 2 aromatic carbocycles. The van der Waals surface area contributed by atoms with Gasteiger partial charge >= 0.3 is 5.97 Å². The topological polar surface area (TPSA) is 83.1 Å². The zero-order valence-corrected chi connectivity index (χ0v) is 18.2. The number of anilines is 1. The quantitative estimate of drug-likeness (QED) is 0.494. The highest BCUT2D eigenvalue weighted by molar-refractivity contribution is 6.32. The average Bonchev–Trinajstić information content (AvgIpc) is 2.71. The van der Waals surface area contributed by atoms with Crippen molar-refractivity contribution in [3.8, 4) is 17.2 Å². The summed E-state index contributed by atoms with van der Waals surface area (Å²) in [5, 5.41) is 3.04. The summed E-state index contributed by atoms with van der Waals surface area (Å²) >= 11 is 6.15. The third-order valence-electron chi connectivity index (χ3n) is 4.14. The van der Waals surface area contributed by atoms with E-state index >= 15 is 0 Å². The first-order chi connectivity index (χ1) is 14.3. The first-order valence-corrected chi connectivity index (χ1v) is 9.42. The number of carbonyl (C=O) groups excluding carboxylic acids is 2. The molecular formula is C22H24ClNO6. The summed E-state index contributed by atoms with van der Waals surface area (Å²) in [6, 6.07) is 8.66. The van der Waals surface area contributed by atoms with Crippen molar-refractivity contribution < 1.29 is 28.5 Å². The first kappa shape index (κ1) is 23.1. The number of hydrogen-bond acceptors (Lipinski definition) is 6. The number of rotatable bonds is 8. The number of benzene rings is 2. The average molecular weight is 434 g/mol. The number of halogens is 1. The molecule has 7 nitrogen and oxygen atoms in total. The number of ether oxygens (including phenoxy) is 4. The fourth-order valence-electron chi connectivity index (χ4n) is 2.62. The van der Waals surface area contributed by atoms with Gasteiger partial charge in [-0.15, -0.1) is 0 Å². The summed E-state index contributed by atoms with van der Waals surface area (Å²) in [7, 11) is 4.48. The molecule has 0 fully saturated rings. The monoisotopic (exact) mass is 433 g/mol. The minimum Gasteiger partial charge on any atom is -0.495 e. The lowest BCUT2D eigenvalue weighted by Crippen LogP contribution is -2.29. The smallest absolute Gasteiger partial charge is 0.331 e. The predicted molar refractivity (Wildman–Crippen MR) is 116 cm³/mol. The van der Waals surface area contributed by atoms with Crippen LogP contribution in [0.5, 0.6) is 17.2 Å². The SMILES string of the molecule is COc1ccc(C)cc1NC(=O)C(C)OC(=O)/C=C/c1cc(Cl)c(OC)c(OC)c1. The Morgan fingerprint density at radius 2 is 1.73 bits per heavy atom. The molecule has 0 radical (unpaired) electrons. The number of methoxy groups -OCH3 is 3. The minimum absolute atomic E-state index is 0.338. The molecule has 0 saturated carbocycles. The maximum Gasteiger partial charge on any atom is 0.331 e. The summed E-state index contributed by atoms with van der Waals surface area (Å²) in [5.41, 5.74) is 2.06. The summed E-state index contributed by atoms with van der Waals surface area (Å²) in [6.07, 6.45) is 1.69. The number of aryl methyl sites for hydroxylation is 1. The first-order valence-electron chi connectivity index (χ1n) is 9.04. The molecule has 0 aliphatic heterocycles. The highest BCUT2D eigenvalue weighted by atomic mass is 35.5. The molecule has 30 heavy (non-hydrogen) atoms. The second kappa shape index (κ2) is 10.5. The highest BCUT2D eigenvalue weighted by Gasteiger charge is 2.18. The molecular weight excluding hydrogens is 410 g/mol. The molecule has 8 heteroatoms. The van der Waals surface area contributed by atoms with E-state index in [1.807, 2.05) is 13.0 Å². The summed E-state index contributed by atoms with van der Waals surface area (Å²) in [4.78, 5) is 24.5. The van der Waals surface area contributed by atoms with E-state index in [1.54, 1.807) is 24.3 Å². The Bertz CT molecular complexity index is 957. The Morgan fingerprint density at radius 3 is 2.37 bits per heavy atom. The maximum absolute atomic E-state index is 12.4. The lowest BCUT2D eigenvalue weighted by molar-refractivity contribution is -0.148. The van der Waals surface area contributed by atoms with Crippen LogP contribution in [0.2, 0.25) is 5.02 Å². The number of hydrogen-bond donors (Lipinski definition) is 1. The van der Waals surface area contributed by atoms with Gasteiger partial charge in [0.1, 0.15) is 5.75 Å². The van der Waals surface area contributed by atoms with Crippen molar-refractivity contribution in [3.63, 3.8) is 0 Å². The molecule has 0 bridgehead atoms. The van der Waals surface area contributed by atoms with Crippen LogP contribution in [0.15, 0.2) is 36.4 Å². The Hall–Kier alpha value is -3.19. The van der Waals surface area contributed by atoms with E-state index in [0.29, 0.717) is 33.5 Å². The van der Waals surface area contributed by atoms with Gasteiger partial charge in [0.05, 0.1) is 32.0 Å². The van der Waals surface area contributed by atoms with E-state index in [4.69, 9.17) is 30.5 Å². The van der Waals surface area contributed by atoms with Crippen molar-refractivity contribution in [1.29, 1.82) is 0 Å². The van der Waals surface area contributed by atoms with Crippen molar-refractivity contribution in [2.45, 2.75) is 20.0 Å². The Labute approximate surface area is 180 Å². The summed E-state index contributed by atoms with van der Waals surface area (Å²) in [6.45, 7) is 3.38. The number of nitrogens with one attached hydrogen (secondary N) is 1. The van der Waals surface area contributed by atoms with Crippen LogP contribution in [0.25, 0.3) is 6.08 Å². The molecule has 1 unspecified atom stereocenters. The second-order valence-corrected chi connectivity index (χ2v) is 6.75. The van der Waals surface area contributed by atoms with Crippen LogP contribution in [0, 0.1) is 6.92 Å². The molecule has 0 spiro atoms. The molecule has 0 heterocycles. The Kier molecular flexibility index (Phi) is 8.12. The predicted octanol–water partition coefficient (Wildman–Crippen LogP) is 4.26. The van der Waals surface area contributed by atoms with E-state index < -0.39 is 18.0 Å². The Balaban J connectivity index is 2.03. The van der Waals surface area contributed by atoms with E-state index in [0.717, 1.165) is 5.56 Å². The van der Waals surface area contributed by atoms with Gasteiger partial charge in [-0.3, -0.25) is 4.79 Å². The van der Waals surface area contributed by atoms with Gasteiger partial charge in [-0.05, 0) is 55.3 Å². The normalized spacial score (nSPS) is 11.7. The fourth-order valence-corrected chi connectivity index (χ4v) is 2.92. The van der Waals surface area contributed by atoms with Crippen LogP contribution in [0.1, 0.15) is 18.1 Å². The van der Waals surface area contributed by atoms with E-state index in [2.05, 4.69) is 5.32 Å². The molecule has 0 saturated heterocycles.